The number of benzene rings is 3. The van der Waals surface area contributed by atoms with Crippen LogP contribution in [0.3, 0.4) is 0 Å². The van der Waals surface area contributed by atoms with Crippen LogP contribution in [0, 0.1) is 0 Å². The van der Waals surface area contributed by atoms with Gasteiger partial charge in [-0.05, 0) is 92.4 Å². The number of hydrogen-bond acceptors (Lipinski definition) is 8. The van der Waals surface area contributed by atoms with Gasteiger partial charge >= 0.3 is 101 Å². The van der Waals surface area contributed by atoms with Gasteiger partial charge < -0.3 is 23.7 Å². The maximum atomic E-state index is 14.1. The Kier molecular flexibility index (Phi) is 25.6. The van der Waals surface area contributed by atoms with Crippen molar-refractivity contribution in [3.05, 3.63) is 83.4 Å². The number of halogens is 30. The molecule has 38 heteroatoms. The minimum absolute atomic E-state index is 0.0196. The normalized spacial score (nSPS) is 14.1. The summed E-state index contributed by atoms with van der Waals surface area (Å²) in [6.45, 7) is 0.878. The van der Waals surface area contributed by atoms with Crippen LogP contribution >= 0.6 is 0 Å². The van der Waals surface area contributed by atoms with Crippen molar-refractivity contribution in [2.24, 2.45) is 0 Å². The molecule has 0 atom stereocenters. The molecule has 0 saturated heterocycles. The number of alkyl halides is 30. The molecule has 0 radical (unpaired) electrons. The molecule has 0 N–H and O–H groups in total. The Bertz CT molecular complexity index is 2890. The van der Waals surface area contributed by atoms with Crippen LogP contribution in [0.2, 0.25) is 0 Å². The number of unbranched alkanes of at least 4 members (excludes halogenated alkanes) is 10. The Morgan fingerprint density at radius 1 is 0.337 bits per heavy atom. The van der Waals surface area contributed by atoms with Gasteiger partial charge in [0.05, 0.1) is 24.3 Å². The van der Waals surface area contributed by atoms with Crippen molar-refractivity contribution in [3.63, 3.8) is 0 Å². The zero-order chi connectivity index (χ0) is 70.8. The summed E-state index contributed by atoms with van der Waals surface area (Å²) < 4.78 is 430. The third kappa shape index (κ3) is 16.9. The lowest BCUT2D eigenvalue weighted by molar-refractivity contribution is -0.452. The first-order valence-electron chi connectivity index (χ1n) is 26.6. The number of carbonyl (C=O) groups is 3. The van der Waals surface area contributed by atoms with Gasteiger partial charge in [0.2, 0.25) is 0 Å². The summed E-state index contributed by atoms with van der Waals surface area (Å²) in [5, 5.41) is 0. The second-order valence-electron chi connectivity index (χ2n) is 20.2. The molecule has 92 heavy (non-hydrogen) atoms. The predicted octanol–water partition coefficient (Wildman–Crippen LogP) is 19.5. The summed E-state index contributed by atoms with van der Waals surface area (Å²) in [5.74, 6) is -96.0. The summed E-state index contributed by atoms with van der Waals surface area (Å²) in [6.07, 6.45) is -22.7. The zero-order valence-electron chi connectivity index (χ0n) is 46.7. The summed E-state index contributed by atoms with van der Waals surface area (Å²) >= 11 is 0. The molecule has 0 unspecified atom stereocenters. The van der Waals surface area contributed by atoms with Crippen molar-refractivity contribution < 1.29 is 170 Å². The molecule has 0 aliphatic rings. The SMILES string of the molecule is CCC(=O)OCc1cc(OC(=O)c2ccc(OCCCCCCCCC(F)(F)C(F)(F)C(F)(F)C(F)(F)C(F)(F)C(F)(F)C(F)(F)F)cc2)ccc1OC(=O)c1ccc(OCCCCCCCCC(F)(F)C(F)(F)C(F)(F)C(F)(F)C(F)(F)C(F)(F)C(F)(F)F)cc1. The van der Waals surface area contributed by atoms with Gasteiger partial charge in [-0.1, -0.05) is 58.3 Å². The molecule has 3 aromatic carbocycles. The third-order valence-corrected chi connectivity index (χ3v) is 13.4. The van der Waals surface area contributed by atoms with Gasteiger partial charge in [-0.3, -0.25) is 4.79 Å². The standard InChI is InChI=1S/C54H50F30O8/c1-2-38(85)90-30-33-29-36(91-39(86)31-15-19-34(20-16-31)88-27-13-9-5-3-7-11-25-41(55,56)43(59,60)45(63,64)47(67,68)49(71,72)51(75,76)53(79,80)81)23-24-37(33)92-40(87)32-17-21-35(22-18-32)89-28-14-10-6-4-8-12-26-42(57,58)44(61,62)46(65,66)48(69,70)50(73,74)52(77,78)54(82,83)84/h15-24,29H,2-14,25-28,30H2,1H3. The molecule has 0 aromatic heterocycles. The van der Waals surface area contributed by atoms with Crippen LogP contribution in [-0.2, 0) is 16.1 Å². The molecule has 0 saturated carbocycles. The van der Waals surface area contributed by atoms with E-state index in [0.717, 1.165) is 0 Å². The number of carbonyl (C=O) groups excluding carboxylic acids is 3. The van der Waals surface area contributed by atoms with Gasteiger partial charge in [-0.2, -0.15) is 132 Å². The van der Waals surface area contributed by atoms with E-state index < -0.39 is 146 Å². The third-order valence-electron chi connectivity index (χ3n) is 13.4. The van der Waals surface area contributed by atoms with E-state index in [4.69, 9.17) is 23.7 Å². The first-order chi connectivity index (χ1) is 41.7. The highest BCUT2D eigenvalue weighted by Gasteiger charge is 2.94. The van der Waals surface area contributed by atoms with Crippen LogP contribution in [0.1, 0.15) is 130 Å². The predicted molar refractivity (Wildman–Crippen MR) is 256 cm³/mol. The molecule has 0 aliphatic carbocycles. The molecular weight excluding hydrogens is 1350 g/mol. The molecule has 0 bridgehead atoms. The number of ether oxygens (including phenoxy) is 5. The van der Waals surface area contributed by atoms with Crippen LogP contribution in [-0.4, -0.2) is 115 Å². The minimum Gasteiger partial charge on any atom is -0.494 e. The Labute approximate surface area is 500 Å². The summed E-state index contributed by atoms with van der Waals surface area (Å²) in [4.78, 5) is 38.1. The van der Waals surface area contributed by atoms with Crippen molar-refractivity contribution in [3.8, 4) is 23.0 Å². The molecule has 3 aromatic rings. The zero-order valence-corrected chi connectivity index (χ0v) is 46.7. The fraction of sp³-hybridized carbons (Fsp3) is 0.611. The van der Waals surface area contributed by atoms with E-state index in [1.165, 1.54) is 73.7 Å². The second-order valence-corrected chi connectivity index (χ2v) is 20.2. The molecular formula is C54H50F30O8. The lowest BCUT2D eigenvalue weighted by atomic mass is 9.89. The van der Waals surface area contributed by atoms with Gasteiger partial charge in [0.1, 0.15) is 29.6 Å². The number of esters is 3. The molecule has 0 spiro atoms. The molecule has 3 rings (SSSR count). The van der Waals surface area contributed by atoms with Crippen molar-refractivity contribution in [1.29, 1.82) is 0 Å². The Hall–Kier alpha value is -6.43. The first kappa shape index (κ1) is 79.8. The highest BCUT2D eigenvalue weighted by Crippen LogP contribution is 2.65. The number of rotatable bonds is 37. The molecule has 0 amide bonds. The Morgan fingerprint density at radius 2 is 0.630 bits per heavy atom. The maximum absolute atomic E-state index is 14.1. The van der Waals surface area contributed by atoms with Crippen LogP contribution in [0.5, 0.6) is 23.0 Å². The van der Waals surface area contributed by atoms with Gasteiger partial charge in [0.25, 0.3) is 0 Å². The van der Waals surface area contributed by atoms with Crippen molar-refractivity contribution in [1.82, 2.24) is 0 Å². The summed E-state index contributed by atoms with van der Waals surface area (Å²) in [5.41, 5.74) is -0.103. The van der Waals surface area contributed by atoms with Gasteiger partial charge in [-0.15, -0.1) is 0 Å². The van der Waals surface area contributed by atoms with Crippen molar-refractivity contribution in [2.45, 2.75) is 193 Å². The van der Waals surface area contributed by atoms with Crippen molar-refractivity contribution >= 4 is 17.9 Å². The van der Waals surface area contributed by atoms with Gasteiger partial charge in [0, 0.05) is 24.8 Å². The fourth-order valence-electron chi connectivity index (χ4n) is 7.80. The summed E-state index contributed by atoms with van der Waals surface area (Å²) in [7, 11) is 0. The molecule has 0 aliphatic heterocycles. The smallest absolute Gasteiger partial charge is 0.460 e. The van der Waals surface area contributed by atoms with Gasteiger partial charge in [-0.25, -0.2) is 9.59 Å². The average Bonchev–Trinajstić information content (AvgIpc) is 0.711. The lowest BCUT2D eigenvalue weighted by Gasteiger charge is -2.41. The van der Waals surface area contributed by atoms with Crippen molar-refractivity contribution in [2.75, 3.05) is 13.2 Å². The fourth-order valence-corrected chi connectivity index (χ4v) is 7.80. The van der Waals surface area contributed by atoms with Crippen LogP contribution < -0.4 is 18.9 Å². The second kappa shape index (κ2) is 29.5. The van der Waals surface area contributed by atoms with E-state index in [9.17, 15) is 146 Å². The lowest BCUT2D eigenvalue weighted by Crippen LogP contribution is -2.72. The van der Waals surface area contributed by atoms with E-state index in [0.29, 0.717) is 0 Å². The van der Waals surface area contributed by atoms with E-state index in [1.807, 2.05) is 0 Å². The van der Waals surface area contributed by atoms with E-state index in [-0.39, 0.29) is 111 Å². The van der Waals surface area contributed by atoms with E-state index >= 15 is 0 Å². The molecule has 0 heterocycles. The Balaban J connectivity index is 1.46. The first-order valence-corrected chi connectivity index (χ1v) is 26.6. The van der Waals surface area contributed by atoms with Crippen LogP contribution in [0.25, 0.3) is 0 Å². The van der Waals surface area contributed by atoms with Crippen LogP contribution in [0.15, 0.2) is 66.7 Å². The minimum atomic E-state index is -8.35. The van der Waals surface area contributed by atoms with E-state index in [2.05, 4.69) is 0 Å². The topological polar surface area (TPSA) is 97.4 Å². The van der Waals surface area contributed by atoms with Gasteiger partial charge in [0.15, 0.2) is 0 Å². The molecule has 524 valence electrons. The van der Waals surface area contributed by atoms with E-state index in [1.54, 1.807) is 0 Å². The molecule has 8 nitrogen and oxygen atoms in total. The maximum Gasteiger partial charge on any atom is 0.460 e. The average molecular weight is 1400 g/mol. The monoisotopic (exact) mass is 1400 g/mol. The Morgan fingerprint density at radius 3 is 0.967 bits per heavy atom. The molecule has 0 fully saturated rings. The number of hydrogen-bond donors (Lipinski definition) is 0. The summed E-state index contributed by atoms with van der Waals surface area (Å²) in [6, 6.07) is 13.9. The largest absolute Gasteiger partial charge is 0.494 e. The highest BCUT2D eigenvalue weighted by molar-refractivity contribution is 5.92. The van der Waals surface area contributed by atoms with Crippen LogP contribution in [0.4, 0.5) is 132 Å². The highest BCUT2D eigenvalue weighted by atomic mass is 19.4. The quantitative estimate of drug-likeness (QED) is 0.0244.